The molecule has 65 heavy (non-hydrogen) atoms. The topological polar surface area (TPSA) is 28.4 Å². The van der Waals surface area contributed by atoms with E-state index in [0.29, 0.717) is 0 Å². The highest BCUT2D eigenvalue weighted by Crippen LogP contribution is 2.64. The van der Waals surface area contributed by atoms with Crippen LogP contribution in [-0.2, 0) is 5.41 Å². The van der Waals surface area contributed by atoms with Crippen molar-refractivity contribution < 1.29 is 4.89 Å². The molecular weight excluding hydrogens is 808 g/mol. The van der Waals surface area contributed by atoms with E-state index in [1.807, 2.05) is 6.07 Å². The summed E-state index contributed by atoms with van der Waals surface area (Å²) in [7, 11) is -3.21. The minimum atomic E-state index is -3.21. The van der Waals surface area contributed by atoms with Gasteiger partial charge >= 0.3 is 0 Å². The quantitative estimate of drug-likeness (QED) is 0.169. The van der Waals surface area contributed by atoms with Crippen LogP contribution in [-0.4, -0.2) is 9.46 Å². The van der Waals surface area contributed by atoms with E-state index >= 15 is 0 Å². The highest BCUT2D eigenvalue weighted by Gasteiger charge is 2.61. The predicted octanol–water partition coefficient (Wildman–Crippen LogP) is 13.8. The second kappa shape index (κ2) is 14.6. The first-order chi connectivity index (χ1) is 32.2. The zero-order valence-corrected chi connectivity index (χ0v) is 36.4. The average molecular weight is 850 g/mol. The molecule has 2 aliphatic rings. The van der Waals surface area contributed by atoms with Crippen LogP contribution >= 0.6 is 7.49 Å². The Labute approximate surface area is 379 Å². The van der Waals surface area contributed by atoms with Crippen molar-refractivity contribution in [1.29, 1.82) is 0 Å². The Bertz CT molecular complexity index is 3620. The van der Waals surface area contributed by atoms with Gasteiger partial charge in [-0.25, -0.2) is 4.89 Å². The summed E-state index contributed by atoms with van der Waals surface area (Å²) in [4.78, 5) is 16.4. The third-order valence-corrected chi connectivity index (χ3v) is 17.1. The molecule has 0 saturated carbocycles. The van der Waals surface area contributed by atoms with Crippen LogP contribution in [0.25, 0.3) is 49.7 Å². The van der Waals surface area contributed by atoms with E-state index in [0.717, 1.165) is 66.5 Å². The van der Waals surface area contributed by atoms with Crippen molar-refractivity contribution in [3.63, 3.8) is 0 Å². The lowest BCUT2D eigenvalue weighted by atomic mass is 9.62. The summed E-state index contributed by atoms with van der Waals surface area (Å²) in [5.74, 6) is 0. The van der Waals surface area contributed by atoms with E-state index in [1.165, 1.54) is 38.5 Å². The van der Waals surface area contributed by atoms with Gasteiger partial charge in [-0.15, -0.1) is 0 Å². The van der Waals surface area contributed by atoms with Crippen molar-refractivity contribution in [1.82, 2.24) is 4.57 Å². The summed E-state index contributed by atoms with van der Waals surface area (Å²) in [6.07, 6.45) is 0. The molecule has 10 aromatic carbocycles. The van der Waals surface area contributed by atoms with Crippen LogP contribution < -0.4 is 20.8 Å². The van der Waals surface area contributed by atoms with E-state index in [9.17, 15) is 4.89 Å². The maximum atomic E-state index is 14.0. The summed E-state index contributed by atoms with van der Waals surface area (Å²) >= 11 is 0. The fraction of sp³-hybridized carbons (Fsp3) is 0.0164. The normalized spacial score (nSPS) is 16.8. The zero-order chi connectivity index (χ0) is 43.1. The first kappa shape index (κ1) is 37.7. The molecule has 0 saturated heterocycles. The van der Waals surface area contributed by atoms with Gasteiger partial charge in [0.2, 0.25) is 7.49 Å². The summed E-state index contributed by atoms with van der Waals surface area (Å²) in [6.45, 7) is 0. The predicted molar refractivity (Wildman–Crippen MR) is 273 cm³/mol. The van der Waals surface area contributed by atoms with Crippen LogP contribution in [0.1, 0.15) is 22.3 Å². The Hall–Kier alpha value is -7.81. The van der Waals surface area contributed by atoms with E-state index in [2.05, 4.69) is 252 Å². The molecule has 2 aliphatic heterocycles. The van der Waals surface area contributed by atoms with Gasteiger partial charge < -0.3 is 9.47 Å². The Balaban J connectivity index is 1.16. The Kier molecular flexibility index (Phi) is 8.48. The maximum absolute atomic E-state index is 14.0. The van der Waals surface area contributed by atoms with Crippen molar-refractivity contribution in [2.24, 2.45) is 0 Å². The minimum Gasteiger partial charge on any atom is -0.310 e. The van der Waals surface area contributed by atoms with Crippen molar-refractivity contribution in [3.05, 3.63) is 271 Å². The van der Waals surface area contributed by atoms with E-state index in [4.69, 9.17) is 0 Å². The van der Waals surface area contributed by atoms with Gasteiger partial charge in [0.25, 0.3) is 0 Å². The lowest BCUT2D eigenvalue weighted by molar-refractivity contribution is 0.626. The van der Waals surface area contributed by atoms with Gasteiger partial charge in [0.05, 0.1) is 27.8 Å². The standard InChI is InChI=1S/C61H42N2OP/c64-65(47-23-8-3-9-24-47)58-34-17-13-29-52(58)61(51-28-12-16-33-57(51)63-56-32-15-11-26-49(56)50-27-18-30-53(61)60(50)63)54-41-46(39-40-59(54)65)62(45-37-35-43(36-38-45)42-19-4-1-5-20-42)55-31-14-10-25-48(55)44-21-6-2-7-22-44/h1-41,64H/q+1. The summed E-state index contributed by atoms with van der Waals surface area (Å²) in [5, 5.41) is 5.35. The minimum absolute atomic E-state index is 0.800. The molecule has 0 aliphatic carbocycles. The smallest absolute Gasteiger partial charge is 0.239 e. The molecule has 2 unspecified atom stereocenters. The van der Waals surface area contributed by atoms with Crippen LogP contribution in [0, 0.1) is 0 Å². The van der Waals surface area contributed by atoms with Gasteiger partial charge in [-0.3, -0.25) is 0 Å². The second-order valence-electron chi connectivity index (χ2n) is 17.1. The van der Waals surface area contributed by atoms with Crippen molar-refractivity contribution >= 4 is 62.3 Å². The summed E-state index contributed by atoms with van der Waals surface area (Å²) in [5.41, 5.74) is 15.1. The van der Waals surface area contributed by atoms with Gasteiger partial charge in [0.1, 0.15) is 15.9 Å². The SMILES string of the molecule is O[P+]1(c2ccccc2)c2ccccc2C2(c3ccccc3-n3c4ccccc4c4cccc2c43)c2cc(N(c3ccc(-c4ccccc4)cc3)c3ccccc3-c3ccccc3)ccc21. The van der Waals surface area contributed by atoms with Gasteiger partial charge in [0.15, 0.2) is 0 Å². The van der Waals surface area contributed by atoms with Gasteiger partial charge in [-0.1, -0.05) is 182 Å². The molecule has 306 valence electrons. The van der Waals surface area contributed by atoms with E-state index in [1.54, 1.807) is 0 Å². The van der Waals surface area contributed by atoms with Crippen molar-refractivity contribution in [3.8, 4) is 27.9 Å². The van der Waals surface area contributed by atoms with Gasteiger partial charge in [-0.05, 0) is 94.5 Å². The number of hydrogen-bond acceptors (Lipinski definition) is 2. The highest BCUT2D eigenvalue weighted by atomic mass is 31.2. The molecule has 2 atom stereocenters. The molecule has 1 N–H and O–H groups in total. The van der Waals surface area contributed by atoms with Crippen LogP contribution in [0.4, 0.5) is 17.1 Å². The molecule has 4 heteroatoms. The monoisotopic (exact) mass is 849 g/mol. The van der Waals surface area contributed by atoms with E-state index in [-0.39, 0.29) is 0 Å². The number of aromatic nitrogens is 1. The Morgan fingerprint density at radius 3 is 1.77 bits per heavy atom. The molecule has 1 aromatic heterocycles. The third-order valence-electron chi connectivity index (χ3n) is 13.9. The van der Waals surface area contributed by atoms with Crippen LogP contribution in [0.3, 0.4) is 0 Å². The van der Waals surface area contributed by atoms with Crippen LogP contribution in [0.5, 0.6) is 0 Å². The lowest BCUT2D eigenvalue weighted by Gasteiger charge is -2.46. The highest BCUT2D eigenvalue weighted by molar-refractivity contribution is 7.91. The van der Waals surface area contributed by atoms with Crippen LogP contribution in [0.15, 0.2) is 249 Å². The zero-order valence-electron chi connectivity index (χ0n) is 35.5. The molecular formula is C61H42N2OP+. The fourth-order valence-corrected chi connectivity index (χ4v) is 14.4. The van der Waals surface area contributed by atoms with Gasteiger partial charge in [0, 0.05) is 38.8 Å². The summed E-state index contributed by atoms with van der Waals surface area (Å²) < 4.78 is 2.48. The number of fused-ring (bicyclic) bond motifs is 11. The molecule has 13 rings (SSSR count). The van der Waals surface area contributed by atoms with Crippen molar-refractivity contribution in [2.45, 2.75) is 5.41 Å². The third kappa shape index (κ3) is 5.38. The molecule has 0 radical (unpaired) electrons. The molecule has 3 nitrogen and oxygen atoms in total. The van der Waals surface area contributed by atoms with E-state index < -0.39 is 12.9 Å². The number of anilines is 3. The molecule has 1 spiro atoms. The Morgan fingerprint density at radius 2 is 0.969 bits per heavy atom. The number of rotatable bonds is 6. The fourth-order valence-electron chi connectivity index (χ4n) is 11.2. The van der Waals surface area contributed by atoms with Crippen molar-refractivity contribution in [2.75, 3.05) is 4.90 Å². The Morgan fingerprint density at radius 1 is 0.400 bits per heavy atom. The molecule has 3 heterocycles. The lowest BCUT2D eigenvalue weighted by Crippen LogP contribution is -2.50. The number of hydrogen-bond donors (Lipinski definition) is 1. The molecule has 11 aromatic rings. The second-order valence-corrected chi connectivity index (χ2v) is 19.9. The van der Waals surface area contributed by atoms with Crippen LogP contribution in [0.2, 0.25) is 0 Å². The average Bonchev–Trinajstić information content (AvgIpc) is 3.73. The first-order valence-corrected chi connectivity index (χ1v) is 24.0. The number of benzene rings is 10. The molecule has 0 amide bonds. The number of nitrogens with zero attached hydrogens (tertiary/aromatic N) is 2. The first-order valence-electron chi connectivity index (χ1n) is 22.3. The maximum Gasteiger partial charge on any atom is 0.239 e. The summed E-state index contributed by atoms with van der Waals surface area (Å²) in [6, 6.07) is 89.6. The van der Waals surface area contributed by atoms with Gasteiger partial charge in [-0.2, -0.15) is 0 Å². The molecule has 0 fully saturated rings. The number of para-hydroxylation sites is 4. The molecule has 0 bridgehead atoms. The largest absolute Gasteiger partial charge is 0.310 e.